The maximum Gasteiger partial charge on any atom is 0.309 e. The summed E-state index contributed by atoms with van der Waals surface area (Å²) in [6.07, 6.45) is -0.589. The van der Waals surface area contributed by atoms with Crippen LogP contribution in [0.25, 0.3) is 0 Å². The second-order valence-electron chi connectivity index (χ2n) is 5.91. The third-order valence-corrected chi connectivity index (χ3v) is 5.80. The first-order valence-electron chi connectivity index (χ1n) is 8.52. The van der Waals surface area contributed by atoms with E-state index in [0.717, 1.165) is 10.4 Å². The molecule has 3 N–H and O–H groups in total. The molecule has 0 bridgehead atoms. The van der Waals surface area contributed by atoms with Crippen LogP contribution in [0.2, 0.25) is 0 Å². The van der Waals surface area contributed by atoms with Crippen LogP contribution in [0.15, 0.2) is 23.1 Å². The van der Waals surface area contributed by atoms with Gasteiger partial charge in [0.25, 0.3) is 0 Å². The summed E-state index contributed by atoms with van der Waals surface area (Å²) in [6, 6.07) is 2.08. The highest BCUT2D eigenvalue weighted by atomic mass is 32.2. The monoisotopic (exact) mass is 421 g/mol. The van der Waals surface area contributed by atoms with Crippen molar-refractivity contribution in [2.24, 2.45) is 0 Å². The fourth-order valence-electron chi connectivity index (χ4n) is 2.53. The van der Waals surface area contributed by atoms with E-state index in [2.05, 4.69) is 10.6 Å². The highest BCUT2D eigenvalue weighted by Gasteiger charge is 2.36. The number of nitrogens with zero attached hydrogens (tertiary/aromatic N) is 1. The molecular weight excluding hydrogens is 400 g/mol. The zero-order valence-electron chi connectivity index (χ0n) is 14.9. The molecule has 2 rings (SSSR count). The maximum atomic E-state index is 14.0. The average Bonchev–Trinajstić information content (AvgIpc) is 2.68. The van der Waals surface area contributed by atoms with Gasteiger partial charge in [0.1, 0.15) is 22.8 Å². The van der Waals surface area contributed by atoms with E-state index in [1.165, 1.54) is 0 Å². The van der Waals surface area contributed by atoms with Gasteiger partial charge in [-0.3, -0.25) is 9.59 Å². The van der Waals surface area contributed by atoms with Crippen LogP contribution in [0.3, 0.4) is 0 Å². The SMILES string of the molecule is O=C(NCCCO)C(=O)NC[C@H]1OCCCN1S(=O)(=O)c1cc(F)ccc1F. The van der Waals surface area contributed by atoms with Crippen LogP contribution in [-0.4, -0.2) is 68.7 Å². The molecule has 156 valence electrons. The predicted octanol–water partition coefficient (Wildman–Crippen LogP) is -0.683. The van der Waals surface area contributed by atoms with Gasteiger partial charge in [-0.1, -0.05) is 0 Å². The Balaban J connectivity index is 2.08. The standard InChI is InChI=1S/C16H21F2N3O6S/c17-11-3-4-12(18)13(9-11)28(25,26)21-6-2-8-27-14(21)10-20-16(24)15(23)19-5-1-7-22/h3-4,9,14,22H,1-2,5-8,10H2,(H,19,23)(H,20,24)/t14-/m1/s1. The minimum atomic E-state index is -4.44. The van der Waals surface area contributed by atoms with Crippen LogP contribution in [0, 0.1) is 11.6 Å². The molecule has 1 aromatic rings. The van der Waals surface area contributed by atoms with Crippen molar-refractivity contribution in [1.82, 2.24) is 14.9 Å². The van der Waals surface area contributed by atoms with Crippen LogP contribution in [0.1, 0.15) is 12.8 Å². The Kier molecular flexibility index (Phi) is 7.80. The Morgan fingerprint density at radius 2 is 1.96 bits per heavy atom. The lowest BCUT2D eigenvalue weighted by Crippen LogP contribution is -2.53. The van der Waals surface area contributed by atoms with Crippen LogP contribution in [0.4, 0.5) is 8.78 Å². The lowest BCUT2D eigenvalue weighted by molar-refractivity contribution is -0.140. The van der Waals surface area contributed by atoms with Gasteiger partial charge in [-0.15, -0.1) is 0 Å². The van der Waals surface area contributed by atoms with Gasteiger partial charge in [0.15, 0.2) is 0 Å². The number of benzene rings is 1. The third-order valence-electron chi connectivity index (χ3n) is 3.90. The average molecular weight is 421 g/mol. The smallest absolute Gasteiger partial charge is 0.309 e. The van der Waals surface area contributed by atoms with Crippen molar-refractivity contribution < 1.29 is 36.6 Å². The van der Waals surface area contributed by atoms with Crippen molar-refractivity contribution in [2.75, 3.05) is 32.8 Å². The lowest BCUT2D eigenvalue weighted by Gasteiger charge is -2.34. The second kappa shape index (κ2) is 9.87. The minimum Gasteiger partial charge on any atom is -0.396 e. The third kappa shape index (κ3) is 5.44. The maximum absolute atomic E-state index is 14.0. The predicted molar refractivity (Wildman–Crippen MR) is 92.3 cm³/mol. The summed E-state index contributed by atoms with van der Waals surface area (Å²) < 4.78 is 59.0. The summed E-state index contributed by atoms with van der Waals surface area (Å²) in [5.41, 5.74) is 0. The molecule has 0 spiro atoms. The molecule has 0 saturated carbocycles. The van der Waals surface area contributed by atoms with E-state index in [1.807, 2.05) is 0 Å². The van der Waals surface area contributed by atoms with Crippen molar-refractivity contribution >= 4 is 21.8 Å². The quantitative estimate of drug-likeness (QED) is 0.396. The first kappa shape index (κ1) is 22.1. The van der Waals surface area contributed by atoms with E-state index >= 15 is 0 Å². The lowest BCUT2D eigenvalue weighted by atomic mass is 10.3. The van der Waals surface area contributed by atoms with Gasteiger partial charge in [-0.25, -0.2) is 17.2 Å². The normalized spacial score (nSPS) is 17.9. The molecule has 1 atom stereocenters. The Bertz CT molecular complexity index is 821. The number of carbonyl (C=O) groups is 2. The first-order chi connectivity index (χ1) is 13.3. The molecule has 0 unspecified atom stereocenters. The van der Waals surface area contributed by atoms with Crippen molar-refractivity contribution in [1.29, 1.82) is 0 Å². The van der Waals surface area contributed by atoms with Crippen LogP contribution < -0.4 is 10.6 Å². The molecule has 1 aliphatic rings. The van der Waals surface area contributed by atoms with Crippen LogP contribution >= 0.6 is 0 Å². The molecule has 1 aliphatic heterocycles. The Labute approximate surface area is 160 Å². The second-order valence-corrected chi connectivity index (χ2v) is 7.77. The van der Waals surface area contributed by atoms with Gasteiger partial charge in [0.05, 0.1) is 13.2 Å². The summed E-state index contributed by atoms with van der Waals surface area (Å²) in [4.78, 5) is 22.6. The van der Waals surface area contributed by atoms with Gasteiger partial charge in [0, 0.05) is 19.7 Å². The largest absolute Gasteiger partial charge is 0.396 e. The number of aliphatic hydroxyl groups excluding tert-OH is 1. The van der Waals surface area contributed by atoms with Gasteiger partial charge < -0.3 is 20.5 Å². The Morgan fingerprint density at radius 3 is 2.68 bits per heavy atom. The number of sulfonamides is 1. The summed E-state index contributed by atoms with van der Waals surface area (Å²) in [6.45, 7) is -0.242. The number of halogens is 2. The fourth-order valence-corrected chi connectivity index (χ4v) is 4.17. The minimum absolute atomic E-state index is 0.0263. The highest BCUT2D eigenvalue weighted by Crippen LogP contribution is 2.24. The summed E-state index contributed by atoms with van der Waals surface area (Å²) in [5.74, 6) is -3.99. The molecule has 1 saturated heterocycles. The number of ether oxygens (including phenoxy) is 1. The number of hydrogen-bond donors (Lipinski definition) is 3. The molecule has 1 fully saturated rings. The number of aliphatic hydroxyl groups is 1. The van der Waals surface area contributed by atoms with Crippen molar-refractivity contribution in [3.05, 3.63) is 29.8 Å². The number of carbonyl (C=O) groups excluding carboxylic acids is 2. The molecule has 2 amide bonds. The summed E-state index contributed by atoms with van der Waals surface area (Å²) in [5, 5.41) is 13.2. The van der Waals surface area contributed by atoms with Crippen LogP contribution in [-0.2, 0) is 24.3 Å². The van der Waals surface area contributed by atoms with E-state index in [9.17, 15) is 26.8 Å². The van der Waals surface area contributed by atoms with E-state index in [0.29, 0.717) is 18.6 Å². The molecule has 9 nitrogen and oxygen atoms in total. The molecule has 0 aliphatic carbocycles. The van der Waals surface area contributed by atoms with E-state index < -0.39 is 44.6 Å². The van der Waals surface area contributed by atoms with E-state index in [-0.39, 0.29) is 39.3 Å². The summed E-state index contributed by atoms with van der Waals surface area (Å²) in [7, 11) is -4.44. The number of nitrogens with one attached hydrogen (secondary N) is 2. The van der Waals surface area contributed by atoms with Crippen LogP contribution in [0.5, 0.6) is 0 Å². The van der Waals surface area contributed by atoms with E-state index in [4.69, 9.17) is 9.84 Å². The number of hydrogen-bond acceptors (Lipinski definition) is 6. The molecule has 1 aromatic carbocycles. The Morgan fingerprint density at radius 1 is 1.25 bits per heavy atom. The zero-order chi connectivity index (χ0) is 20.7. The Hall–Kier alpha value is -2.15. The molecular formula is C16H21F2N3O6S. The zero-order valence-corrected chi connectivity index (χ0v) is 15.7. The van der Waals surface area contributed by atoms with E-state index in [1.54, 1.807) is 0 Å². The van der Waals surface area contributed by atoms with Crippen molar-refractivity contribution in [3.8, 4) is 0 Å². The molecule has 1 heterocycles. The highest BCUT2D eigenvalue weighted by molar-refractivity contribution is 7.89. The molecule has 28 heavy (non-hydrogen) atoms. The summed E-state index contributed by atoms with van der Waals surface area (Å²) >= 11 is 0. The molecule has 0 aromatic heterocycles. The van der Waals surface area contributed by atoms with Crippen molar-refractivity contribution in [2.45, 2.75) is 24.0 Å². The molecule has 12 heteroatoms. The van der Waals surface area contributed by atoms with Gasteiger partial charge in [-0.05, 0) is 31.0 Å². The number of rotatable bonds is 7. The fraction of sp³-hybridized carbons (Fsp3) is 0.500. The van der Waals surface area contributed by atoms with Crippen molar-refractivity contribution in [3.63, 3.8) is 0 Å². The first-order valence-corrected chi connectivity index (χ1v) is 9.96. The van der Waals surface area contributed by atoms with Gasteiger partial charge >= 0.3 is 11.8 Å². The topological polar surface area (TPSA) is 125 Å². The van der Waals surface area contributed by atoms with Gasteiger partial charge in [0.2, 0.25) is 10.0 Å². The molecule has 0 radical (unpaired) electrons. The van der Waals surface area contributed by atoms with Gasteiger partial charge in [-0.2, -0.15) is 4.31 Å². The number of amides is 2.